The minimum absolute atomic E-state index is 0.542. The third-order valence-electron chi connectivity index (χ3n) is 6.08. The van der Waals surface area contributed by atoms with Gasteiger partial charge in [0.25, 0.3) is 0 Å². The average molecular weight is 678 g/mol. The monoisotopic (exact) mass is 677 g/mol. The highest BCUT2D eigenvalue weighted by atomic mass is 32.1. The van der Waals surface area contributed by atoms with Crippen LogP contribution in [0.15, 0.2) is 4.99 Å². The number of carbonyl (C=O) groups is 7. The molecule has 0 aromatic heterocycles. The molecule has 18 nitrogen and oxygen atoms in total. The van der Waals surface area contributed by atoms with E-state index in [1.165, 1.54) is 0 Å². The summed E-state index contributed by atoms with van der Waals surface area (Å²) < 4.78 is 55.3. The number of isothiocyanates is 1. The summed E-state index contributed by atoms with van der Waals surface area (Å²) in [6.07, 6.45) is -15.4. The van der Waals surface area contributed by atoms with Crippen molar-refractivity contribution < 1.29 is 80.9 Å². The van der Waals surface area contributed by atoms with Gasteiger partial charge >= 0.3 is 41.8 Å². The van der Waals surface area contributed by atoms with Gasteiger partial charge in [-0.1, -0.05) is 0 Å². The number of aliphatic imine (C=N–C) groups is 1. The molecule has 2 heterocycles. The van der Waals surface area contributed by atoms with E-state index in [1.807, 2.05) is 0 Å². The molecule has 0 saturated carbocycles. The molecule has 2 rings (SSSR count). The third-order valence-corrected chi connectivity index (χ3v) is 6.19. The smallest absolute Gasteiger partial charge is 0.303 e. The van der Waals surface area contributed by atoms with Crippen LogP contribution in [0.5, 0.6) is 0 Å². The first kappa shape index (κ1) is 38.2. The van der Waals surface area contributed by atoms with Crippen molar-refractivity contribution in [3.05, 3.63) is 0 Å². The van der Waals surface area contributed by atoms with E-state index in [1.54, 1.807) is 0 Å². The molecule has 2 aliphatic heterocycles. The average Bonchev–Trinajstić information content (AvgIpc) is 2.91. The van der Waals surface area contributed by atoms with Gasteiger partial charge in [-0.3, -0.25) is 33.6 Å². The Kier molecular flexibility index (Phi) is 14.6. The van der Waals surface area contributed by atoms with Crippen LogP contribution in [-0.2, 0) is 80.9 Å². The second-order valence-corrected chi connectivity index (χ2v) is 10.1. The van der Waals surface area contributed by atoms with Crippen LogP contribution in [0.3, 0.4) is 0 Å². The molecule has 2 fully saturated rings. The molecule has 19 heteroatoms. The number of ether oxygens (including phenoxy) is 10. The Bertz CT molecular complexity index is 1220. The van der Waals surface area contributed by atoms with Crippen molar-refractivity contribution in [2.45, 2.75) is 110 Å². The Balaban J connectivity index is 2.73. The number of rotatable bonds is 12. The Labute approximate surface area is 268 Å². The Morgan fingerprint density at radius 1 is 0.543 bits per heavy atom. The maximum atomic E-state index is 12.3. The first-order valence-corrected chi connectivity index (χ1v) is 14.1. The van der Waals surface area contributed by atoms with Crippen LogP contribution in [-0.4, -0.2) is 122 Å². The van der Waals surface area contributed by atoms with Crippen LogP contribution in [0.2, 0.25) is 0 Å². The fourth-order valence-electron chi connectivity index (χ4n) is 4.65. The number of carbonyl (C=O) groups excluding carboxylic acids is 7. The van der Waals surface area contributed by atoms with E-state index in [-0.39, 0.29) is 0 Å². The van der Waals surface area contributed by atoms with Crippen LogP contribution in [0.1, 0.15) is 48.5 Å². The molecule has 0 aromatic rings. The van der Waals surface area contributed by atoms with Gasteiger partial charge in [0.1, 0.15) is 31.5 Å². The number of thiocarbonyl (C=S) groups is 1. The molecule has 2 aliphatic rings. The van der Waals surface area contributed by atoms with Crippen molar-refractivity contribution in [2.24, 2.45) is 4.99 Å². The Morgan fingerprint density at radius 3 is 1.37 bits per heavy atom. The van der Waals surface area contributed by atoms with Crippen molar-refractivity contribution >= 4 is 59.2 Å². The van der Waals surface area contributed by atoms with Crippen LogP contribution < -0.4 is 0 Å². The third kappa shape index (κ3) is 11.4. The highest BCUT2D eigenvalue weighted by Gasteiger charge is 2.57. The van der Waals surface area contributed by atoms with Gasteiger partial charge in [-0.25, -0.2) is 0 Å². The second-order valence-electron chi connectivity index (χ2n) is 9.90. The molecule has 0 bridgehead atoms. The van der Waals surface area contributed by atoms with Crippen LogP contribution in [0.4, 0.5) is 0 Å². The quantitative estimate of drug-likeness (QED) is 0.112. The molecule has 0 N–H and O–H groups in total. The van der Waals surface area contributed by atoms with E-state index in [0.717, 1.165) is 48.5 Å². The molecular formula is C27H35NO17S. The predicted molar refractivity (Wildman–Crippen MR) is 148 cm³/mol. The first-order valence-electron chi connectivity index (χ1n) is 13.7. The largest absolute Gasteiger partial charge is 0.463 e. The molecule has 2 saturated heterocycles. The van der Waals surface area contributed by atoms with Gasteiger partial charge in [-0.2, -0.15) is 4.99 Å². The van der Waals surface area contributed by atoms with E-state index in [4.69, 9.17) is 47.4 Å². The number of hydrogen-bond donors (Lipinski definition) is 0. The fraction of sp³-hybridized carbons (Fsp3) is 0.704. The van der Waals surface area contributed by atoms with E-state index in [9.17, 15) is 33.6 Å². The zero-order valence-electron chi connectivity index (χ0n) is 26.0. The summed E-state index contributed by atoms with van der Waals surface area (Å²) in [6.45, 7) is 6.30. The molecule has 0 radical (unpaired) electrons. The van der Waals surface area contributed by atoms with Gasteiger partial charge in [0, 0.05) is 48.5 Å². The van der Waals surface area contributed by atoms with E-state index < -0.39 is 116 Å². The number of esters is 7. The van der Waals surface area contributed by atoms with E-state index >= 15 is 0 Å². The van der Waals surface area contributed by atoms with Gasteiger partial charge in [0.15, 0.2) is 43.0 Å². The molecule has 256 valence electrons. The lowest BCUT2D eigenvalue weighted by molar-refractivity contribution is -0.344. The van der Waals surface area contributed by atoms with Gasteiger partial charge in [0.05, 0.1) is 5.16 Å². The van der Waals surface area contributed by atoms with Gasteiger partial charge in [-0.05, 0) is 12.2 Å². The number of nitrogens with zero attached hydrogens (tertiary/aromatic N) is 1. The van der Waals surface area contributed by atoms with Crippen LogP contribution in [0, 0.1) is 0 Å². The maximum absolute atomic E-state index is 12.3. The van der Waals surface area contributed by atoms with Gasteiger partial charge in [-0.15, -0.1) is 0 Å². The summed E-state index contributed by atoms with van der Waals surface area (Å²) in [5.41, 5.74) is 0. The molecule has 0 aromatic carbocycles. The summed E-state index contributed by atoms with van der Waals surface area (Å²) in [4.78, 5) is 88.1. The zero-order valence-corrected chi connectivity index (χ0v) is 26.8. The SMILES string of the molecule is CC(=O)OC[C@H]1O[C@@H](O[C@H]2[C@H](OC(C)=O)[C@@H](OC(C)=O)C(N=C=S)O[C@@H]2COC(C)=O)[C@H](OC(C)=O)[C@@H](OC(C)=O)[C@@H]1OC(C)=O. The van der Waals surface area contributed by atoms with Crippen molar-refractivity contribution in [3.8, 4) is 0 Å². The lowest BCUT2D eigenvalue weighted by Crippen LogP contribution is -2.67. The topological polar surface area (TPSA) is 224 Å². The predicted octanol–water partition coefficient (Wildman–Crippen LogP) is -0.291. The fourth-order valence-corrected chi connectivity index (χ4v) is 4.75. The highest BCUT2D eigenvalue weighted by Crippen LogP contribution is 2.35. The summed E-state index contributed by atoms with van der Waals surface area (Å²) >= 11 is 4.69. The summed E-state index contributed by atoms with van der Waals surface area (Å²) in [7, 11) is 0. The maximum Gasteiger partial charge on any atom is 0.303 e. The molecule has 1 unspecified atom stereocenters. The Morgan fingerprint density at radius 2 is 0.935 bits per heavy atom. The molecule has 0 spiro atoms. The van der Waals surface area contributed by atoms with Crippen molar-refractivity contribution in [2.75, 3.05) is 13.2 Å². The van der Waals surface area contributed by atoms with Crippen LogP contribution >= 0.6 is 12.2 Å². The van der Waals surface area contributed by atoms with Crippen LogP contribution in [0.25, 0.3) is 0 Å². The summed E-state index contributed by atoms with van der Waals surface area (Å²) in [5, 5.41) is 2.09. The van der Waals surface area contributed by atoms with Crippen molar-refractivity contribution in [1.82, 2.24) is 0 Å². The first-order chi connectivity index (χ1) is 21.5. The molecular weight excluding hydrogens is 642 g/mol. The lowest BCUT2D eigenvalue weighted by atomic mass is 9.95. The highest BCUT2D eigenvalue weighted by molar-refractivity contribution is 7.78. The van der Waals surface area contributed by atoms with Crippen molar-refractivity contribution in [1.29, 1.82) is 0 Å². The minimum atomic E-state index is -1.78. The zero-order chi connectivity index (χ0) is 34.7. The molecule has 10 atom stereocenters. The van der Waals surface area contributed by atoms with Gasteiger partial charge in [0.2, 0.25) is 0 Å². The van der Waals surface area contributed by atoms with E-state index in [0.29, 0.717) is 0 Å². The second kappa shape index (κ2) is 17.6. The molecule has 0 amide bonds. The number of hydrogen-bond acceptors (Lipinski definition) is 19. The standard InChI is InChI=1S/C27H35NO17S/c1-11(29)36-8-18-21(22(39-14(4)32)24(41-16(6)34)26(43-18)28-10-46)45-27-25(42-17(7)35)23(40-15(5)33)20(38-13(3)31)19(44-27)9-37-12(2)30/h18-27H,8-9H2,1-7H3/t18-,19-,20-,21-,22+,23+,24-,25-,26?,27+/m1/s1. The van der Waals surface area contributed by atoms with Gasteiger partial charge < -0.3 is 47.4 Å². The minimum Gasteiger partial charge on any atom is -0.463 e. The normalized spacial score (nSPS) is 30.3. The Hall–Kier alpha value is -4.03. The lowest BCUT2D eigenvalue weighted by Gasteiger charge is -2.48. The van der Waals surface area contributed by atoms with E-state index in [2.05, 4.69) is 22.4 Å². The summed E-state index contributed by atoms with van der Waals surface area (Å²) in [6, 6.07) is 0. The molecule has 0 aliphatic carbocycles. The molecule has 46 heavy (non-hydrogen) atoms. The van der Waals surface area contributed by atoms with Crippen molar-refractivity contribution in [3.63, 3.8) is 0 Å². The summed E-state index contributed by atoms with van der Waals surface area (Å²) in [5.74, 6) is -5.88.